The first-order valence-corrected chi connectivity index (χ1v) is 7.14. The maximum Gasteiger partial charge on any atom is 0.280 e. The molecule has 0 aromatic heterocycles. The second-order valence-corrected chi connectivity index (χ2v) is 5.25. The highest BCUT2D eigenvalue weighted by Gasteiger charge is 2.28. The molecule has 0 fully saturated rings. The number of aromatic carboxylic acids is 1. The summed E-state index contributed by atoms with van der Waals surface area (Å²) in [6.45, 7) is 1.68. The molecule has 0 bridgehead atoms. The van der Waals surface area contributed by atoms with Gasteiger partial charge in [-0.1, -0.05) is 24.3 Å². The third-order valence-electron chi connectivity index (χ3n) is 3.57. The number of hydrazone groups is 1. The van der Waals surface area contributed by atoms with Crippen LogP contribution in [0.5, 0.6) is 0 Å². The molecule has 3 rings (SSSR count). The Morgan fingerprint density at radius 1 is 1.21 bits per heavy atom. The van der Waals surface area contributed by atoms with Crippen molar-refractivity contribution in [2.24, 2.45) is 5.10 Å². The number of carboxylic acids is 1. The van der Waals surface area contributed by atoms with Crippen LogP contribution in [0.1, 0.15) is 22.8 Å². The minimum absolute atomic E-state index is 0.0379. The van der Waals surface area contributed by atoms with Gasteiger partial charge >= 0.3 is 0 Å². The fourth-order valence-electron chi connectivity index (χ4n) is 2.35. The lowest BCUT2D eigenvalue weighted by atomic mass is 10.1. The van der Waals surface area contributed by atoms with Crippen molar-refractivity contribution in [3.8, 4) is 0 Å². The van der Waals surface area contributed by atoms with Crippen LogP contribution in [0.2, 0.25) is 0 Å². The highest BCUT2D eigenvalue weighted by Crippen LogP contribution is 2.25. The van der Waals surface area contributed by atoms with Gasteiger partial charge in [0.15, 0.2) is 0 Å². The second kappa shape index (κ2) is 6.08. The first-order valence-electron chi connectivity index (χ1n) is 7.14. The van der Waals surface area contributed by atoms with Crippen LogP contribution in [0.3, 0.4) is 0 Å². The van der Waals surface area contributed by atoms with Crippen molar-refractivity contribution >= 4 is 29.4 Å². The van der Waals surface area contributed by atoms with Crippen molar-refractivity contribution < 1.29 is 19.1 Å². The summed E-state index contributed by atoms with van der Waals surface area (Å²) in [7, 11) is 0. The minimum Gasteiger partial charge on any atom is -0.545 e. The molecular formula is C18H12FN2O3-. The first-order chi connectivity index (χ1) is 11.5. The molecule has 6 heteroatoms. The Morgan fingerprint density at radius 2 is 1.92 bits per heavy atom. The van der Waals surface area contributed by atoms with Gasteiger partial charge in [-0.05, 0) is 48.4 Å². The molecule has 1 aliphatic rings. The van der Waals surface area contributed by atoms with Crippen molar-refractivity contribution in [2.75, 3.05) is 5.01 Å². The fourth-order valence-corrected chi connectivity index (χ4v) is 2.35. The smallest absolute Gasteiger partial charge is 0.280 e. The molecule has 24 heavy (non-hydrogen) atoms. The van der Waals surface area contributed by atoms with E-state index in [1.807, 2.05) is 0 Å². The molecule has 5 nitrogen and oxygen atoms in total. The lowest BCUT2D eigenvalue weighted by molar-refractivity contribution is -0.255. The molecule has 0 N–H and O–H groups in total. The van der Waals surface area contributed by atoms with Gasteiger partial charge < -0.3 is 9.90 Å². The van der Waals surface area contributed by atoms with E-state index in [0.29, 0.717) is 22.5 Å². The number of nitrogens with zero attached hydrogens (tertiary/aromatic N) is 2. The summed E-state index contributed by atoms with van der Waals surface area (Å²) >= 11 is 0. The van der Waals surface area contributed by atoms with Crippen LogP contribution in [-0.4, -0.2) is 17.6 Å². The van der Waals surface area contributed by atoms with Crippen molar-refractivity contribution in [3.63, 3.8) is 0 Å². The number of rotatable bonds is 3. The van der Waals surface area contributed by atoms with E-state index in [-0.39, 0.29) is 17.3 Å². The maximum atomic E-state index is 13.0. The third kappa shape index (κ3) is 2.94. The van der Waals surface area contributed by atoms with E-state index in [4.69, 9.17) is 0 Å². The van der Waals surface area contributed by atoms with Crippen LogP contribution in [0.25, 0.3) is 6.08 Å². The number of hydrogen-bond donors (Lipinski definition) is 0. The van der Waals surface area contributed by atoms with Crippen LogP contribution >= 0.6 is 0 Å². The fraction of sp³-hybridized carbons (Fsp3) is 0.0556. The number of halogens is 1. The quantitative estimate of drug-likeness (QED) is 0.811. The van der Waals surface area contributed by atoms with Gasteiger partial charge in [0.05, 0.1) is 22.9 Å². The minimum atomic E-state index is -1.33. The standard InChI is InChI=1S/C18H13FN2O3/c1-11-16(9-12-5-7-14(19)8-6-12)17(22)21(20-11)15-4-2-3-13(10-15)18(23)24/h2-10H,1H3,(H,23,24)/p-1/b16-9+. The lowest BCUT2D eigenvalue weighted by Crippen LogP contribution is -2.24. The van der Waals surface area contributed by atoms with Gasteiger partial charge in [-0.2, -0.15) is 10.1 Å². The van der Waals surface area contributed by atoms with Crippen LogP contribution in [0, 0.1) is 5.82 Å². The van der Waals surface area contributed by atoms with E-state index in [1.165, 1.54) is 30.3 Å². The van der Waals surface area contributed by atoms with Crippen LogP contribution < -0.4 is 10.1 Å². The molecule has 2 aromatic carbocycles. The van der Waals surface area contributed by atoms with Crippen molar-refractivity contribution in [1.29, 1.82) is 0 Å². The monoisotopic (exact) mass is 323 g/mol. The predicted octanol–water partition coefficient (Wildman–Crippen LogP) is 2.00. The number of anilines is 1. The van der Waals surface area contributed by atoms with Crippen LogP contribution in [0.4, 0.5) is 10.1 Å². The number of carboxylic acid groups (broad SMARTS) is 1. The Kier molecular flexibility index (Phi) is 3.95. The molecule has 0 atom stereocenters. The summed E-state index contributed by atoms with van der Waals surface area (Å²) in [6.07, 6.45) is 1.61. The zero-order valence-electron chi connectivity index (χ0n) is 12.7. The SMILES string of the molecule is CC1=NN(c2cccc(C(=O)[O-])c2)C(=O)/C1=C/c1ccc(F)cc1. The Hall–Kier alpha value is -3.28. The van der Waals surface area contributed by atoms with Gasteiger partial charge in [0, 0.05) is 0 Å². The van der Waals surface area contributed by atoms with Gasteiger partial charge in [-0.15, -0.1) is 0 Å². The van der Waals surface area contributed by atoms with Gasteiger partial charge in [0.25, 0.3) is 5.91 Å². The highest BCUT2D eigenvalue weighted by molar-refractivity contribution is 6.32. The Morgan fingerprint density at radius 3 is 2.58 bits per heavy atom. The molecule has 1 amide bonds. The molecule has 0 unspecified atom stereocenters. The maximum absolute atomic E-state index is 13.0. The molecule has 0 aliphatic carbocycles. The van der Waals surface area contributed by atoms with Crippen molar-refractivity contribution in [1.82, 2.24) is 0 Å². The summed E-state index contributed by atoms with van der Waals surface area (Å²) < 4.78 is 13.0. The highest BCUT2D eigenvalue weighted by atomic mass is 19.1. The molecule has 0 saturated carbocycles. The largest absolute Gasteiger partial charge is 0.545 e. The van der Waals surface area contributed by atoms with Crippen LogP contribution in [-0.2, 0) is 4.79 Å². The molecular weight excluding hydrogens is 311 g/mol. The molecule has 0 saturated heterocycles. The van der Waals surface area contributed by atoms with Gasteiger partial charge in [-0.3, -0.25) is 4.79 Å². The number of hydrogen-bond acceptors (Lipinski definition) is 4. The molecule has 0 radical (unpaired) electrons. The Labute approximate surface area is 137 Å². The average Bonchev–Trinajstić information content (AvgIpc) is 2.85. The Bertz CT molecular complexity index is 885. The zero-order chi connectivity index (χ0) is 17.3. The lowest BCUT2D eigenvalue weighted by Gasteiger charge is -2.13. The predicted molar refractivity (Wildman–Crippen MR) is 85.7 cm³/mol. The summed E-state index contributed by atoms with van der Waals surface area (Å²) in [5.74, 6) is -2.07. The Balaban J connectivity index is 1.94. The van der Waals surface area contributed by atoms with Crippen LogP contribution in [0.15, 0.2) is 59.2 Å². The van der Waals surface area contributed by atoms with E-state index >= 15 is 0 Å². The molecule has 1 aliphatic heterocycles. The number of benzene rings is 2. The molecule has 1 heterocycles. The average molecular weight is 323 g/mol. The molecule has 120 valence electrons. The summed E-state index contributed by atoms with van der Waals surface area (Å²) in [5.41, 5.74) is 1.82. The summed E-state index contributed by atoms with van der Waals surface area (Å²) in [5, 5.41) is 16.3. The van der Waals surface area contributed by atoms with E-state index in [2.05, 4.69) is 5.10 Å². The number of carbonyl (C=O) groups is 2. The van der Waals surface area contributed by atoms with Crippen molar-refractivity contribution in [2.45, 2.75) is 6.92 Å². The van der Waals surface area contributed by atoms with E-state index in [0.717, 1.165) is 5.01 Å². The molecule has 0 spiro atoms. The van der Waals surface area contributed by atoms with E-state index in [1.54, 1.807) is 31.2 Å². The summed E-state index contributed by atoms with van der Waals surface area (Å²) in [6, 6.07) is 11.5. The molecule has 2 aromatic rings. The first kappa shape index (κ1) is 15.6. The van der Waals surface area contributed by atoms with Gasteiger partial charge in [0.1, 0.15) is 5.82 Å². The topological polar surface area (TPSA) is 72.8 Å². The van der Waals surface area contributed by atoms with Crippen molar-refractivity contribution in [3.05, 3.63) is 71.0 Å². The third-order valence-corrected chi connectivity index (χ3v) is 3.57. The number of amides is 1. The van der Waals surface area contributed by atoms with E-state index in [9.17, 15) is 19.1 Å². The van der Waals surface area contributed by atoms with Gasteiger partial charge in [0.2, 0.25) is 0 Å². The normalized spacial score (nSPS) is 15.8. The number of carbonyl (C=O) groups excluding carboxylic acids is 2. The van der Waals surface area contributed by atoms with E-state index < -0.39 is 5.97 Å². The zero-order valence-corrected chi connectivity index (χ0v) is 12.7. The van der Waals surface area contributed by atoms with Gasteiger partial charge in [-0.25, -0.2) is 4.39 Å². The summed E-state index contributed by atoms with van der Waals surface area (Å²) in [4.78, 5) is 23.5. The second-order valence-electron chi connectivity index (χ2n) is 5.25.